The number of halogens is 1. The minimum atomic E-state index is -0.921. The van der Waals surface area contributed by atoms with Crippen LogP contribution in [0.1, 0.15) is 16.8 Å². The number of carbonyl (C=O) groups is 1. The van der Waals surface area contributed by atoms with E-state index in [1.807, 2.05) is 0 Å². The Morgan fingerprint density at radius 3 is 2.78 bits per heavy atom. The fraction of sp³-hybridized carbons (Fsp3) is 0.364. The quantitative estimate of drug-likeness (QED) is 0.628. The van der Waals surface area contributed by atoms with E-state index in [1.54, 1.807) is 0 Å². The summed E-state index contributed by atoms with van der Waals surface area (Å²) in [6.07, 6.45) is -0.129. The van der Waals surface area contributed by atoms with Crippen molar-refractivity contribution < 1.29 is 19.2 Å². The fourth-order valence-electron chi connectivity index (χ4n) is 1.89. The van der Waals surface area contributed by atoms with Crippen LogP contribution in [0.15, 0.2) is 18.2 Å². The zero-order valence-electron chi connectivity index (χ0n) is 9.38. The average molecular weight is 254 g/mol. The van der Waals surface area contributed by atoms with Gasteiger partial charge in [-0.1, -0.05) is 0 Å². The standard InChI is InChI=1S/C11H11FN2O4/c12-10-5-7(14(17)18)1-2-9(10)11(16)13-4-3-8(15)6-13/h1-2,5,8,15H,3-4,6H2/t8-/m0/s1. The molecule has 1 amide bonds. The Morgan fingerprint density at radius 1 is 1.56 bits per heavy atom. The molecule has 1 aromatic rings. The third kappa shape index (κ3) is 2.30. The van der Waals surface area contributed by atoms with Gasteiger partial charge in [0.15, 0.2) is 0 Å². The van der Waals surface area contributed by atoms with Gasteiger partial charge in [-0.3, -0.25) is 14.9 Å². The monoisotopic (exact) mass is 254 g/mol. The summed E-state index contributed by atoms with van der Waals surface area (Å²) in [5.74, 6) is -1.48. The second kappa shape index (κ2) is 4.69. The first-order valence-corrected chi connectivity index (χ1v) is 5.40. The van der Waals surface area contributed by atoms with E-state index in [2.05, 4.69) is 0 Å². The third-order valence-corrected chi connectivity index (χ3v) is 2.84. The predicted octanol–water partition coefficient (Wildman–Crippen LogP) is 0.941. The van der Waals surface area contributed by atoms with Crippen LogP contribution >= 0.6 is 0 Å². The third-order valence-electron chi connectivity index (χ3n) is 2.84. The molecule has 0 bridgehead atoms. The van der Waals surface area contributed by atoms with Crippen LogP contribution in [0.4, 0.5) is 10.1 Å². The van der Waals surface area contributed by atoms with E-state index < -0.39 is 28.4 Å². The van der Waals surface area contributed by atoms with Crippen molar-refractivity contribution in [2.45, 2.75) is 12.5 Å². The van der Waals surface area contributed by atoms with Gasteiger partial charge in [-0.15, -0.1) is 0 Å². The van der Waals surface area contributed by atoms with Crippen molar-refractivity contribution in [3.8, 4) is 0 Å². The zero-order valence-corrected chi connectivity index (χ0v) is 9.38. The minimum absolute atomic E-state index is 0.162. The number of nitro groups is 1. The van der Waals surface area contributed by atoms with Gasteiger partial charge in [0.05, 0.1) is 22.7 Å². The first-order valence-electron chi connectivity index (χ1n) is 5.40. The molecule has 18 heavy (non-hydrogen) atoms. The number of benzene rings is 1. The van der Waals surface area contributed by atoms with Gasteiger partial charge in [-0.05, 0) is 12.5 Å². The lowest BCUT2D eigenvalue weighted by atomic mass is 10.1. The molecular weight excluding hydrogens is 243 g/mol. The Bertz CT molecular complexity index is 506. The molecule has 1 heterocycles. The Labute approximate surface area is 102 Å². The Hall–Kier alpha value is -2.02. The van der Waals surface area contributed by atoms with E-state index in [9.17, 15) is 24.4 Å². The minimum Gasteiger partial charge on any atom is -0.391 e. The van der Waals surface area contributed by atoms with E-state index in [4.69, 9.17) is 0 Å². The number of hydrogen-bond acceptors (Lipinski definition) is 4. The molecule has 1 aromatic carbocycles. The molecule has 0 radical (unpaired) electrons. The van der Waals surface area contributed by atoms with Gasteiger partial charge in [-0.2, -0.15) is 0 Å². The maximum absolute atomic E-state index is 13.6. The van der Waals surface area contributed by atoms with E-state index >= 15 is 0 Å². The number of β-amino-alcohol motifs (C(OH)–C–C–N with tert-alkyl or cyclic N) is 1. The normalized spacial score (nSPS) is 19.0. The Kier molecular flexibility index (Phi) is 3.24. The number of aliphatic hydroxyl groups excluding tert-OH is 1. The second-order valence-electron chi connectivity index (χ2n) is 4.11. The first-order chi connectivity index (χ1) is 8.49. The van der Waals surface area contributed by atoms with E-state index in [0.717, 1.165) is 18.2 Å². The van der Waals surface area contributed by atoms with E-state index in [1.165, 1.54) is 4.90 Å². The fourth-order valence-corrected chi connectivity index (χ4v) is 1.89. The van der Waals surface area contributed by atoms with Crippen LogP contribution in [0.2, 0.25) is 0 Å². The Balaban J connectivity index is 2.23. The average Bonchev–Trinajstić information content (AvgIpc) is 2.74. The lowest BCUT2D eigenvalue weighted by Gasteiger charge is -2.15. The number of carbonyl (C=O) groups excluding carboxylic acids is 1. The van der Waals surface area contributed by atoms with Crippen molar-refractivity contribution in [2.24, 2.45) is 0 Å². The van der Waals surface area contributed by atoms with Crippen LogP contribution in [0, 0.1) is 15.9 Å². The van der Waals surface area contributed by atoms with Gasteiger partial charge in [0.25, 0.3) is 11.6 Å². The molecule has 0 unspecified atom stereocenters. The van der Waals surface area contributed by atoms with Crippen LogP contribution < -0.4 is 0 Å². The van der Waals surface area contributed by atoms with Crippen molar-refractivity contribution in [3.05, 3.63) is 39.7 Å². The summed E-state index contributed by atoms with van der Waals surface area (Å²) in [5, 5.41) is 19.7. The number of non-ortho nitro benzene ring substituents is 1. The molecule has 1 fully saturated rings. The SMILES string of the molecule is O=C(c1ccc([N+](=O)[O-])cc1F)N1CC[C@H](O)C1. The van der Waals surface area contributed by atoms with Crippen molar-refractivity contribution in [3.63, 3.8) is 0 Å². The number of nitrogens with zero attached hydrogens (tertiary/aromatic N) is 2. The molecule has 1 aliphatic heterocycles. The maximum Gasteiger partial charge on any atom is 0.272 e. The molecule has 0 aromatic heterocycles. The van der Waals surface area contributed by atoms with Gasteiger partial charge >= 0.3 is 0 Å². The summed E-state index contributed by atoms with van der Waals surface area (Å²) in [5.41, 5.74) is -0.611. The van der Waals surface area contributed by atoms with Crippen LogP contribution in [0.25, 0.3) is 0 Å². The summed E-state index contributed by atoms with van der Waals surface area (Å²) < 4.78 is 13.6. The van der Waals surface area contributed by atoms with Crippen LogP contribution in [0.3, 0.4) is 0 Å². The summed E-state index contributed by atoms with van der Waals surface area (Å²) >= 11 is 0. The number of amides is 1. The molecule has 1 N–H and O–H groups in total. The summed E-state index contributed by atoms with van der Waals surface area (Å²) in [7, 11) is 0. The smallest absolute Gasteiger partial charge is 0.272 e. The molecular formula is C11H11FN2O4. The van der Waals surface area contributed by atoms with Crippen molar-refractivity contribution in [2.75, 3.05) is 13.1 Å². The topological polar surface area (TPSA) is 83.7 Å². The van der Waals surface area contributed by atoms with Crippen molar-refractivity contribution >= 4 is 11.6 Å². The maximum atomic E-state index is 13.6. The van der Waals surface area contributed by atoms with Crippen LogP contribution in [-0.4, -0.2) is 40.0 Å². The molecule has 2 rings (SSSR count). The zero-order chi connectivity index (χ0) is 13.3. The van der Waals surface area contributed by atoms with Crippen molar-refractivity contribution in [1.82, 2.24) is 4.90 Å². The molecule has 0 saturated carbocycles. The van der Waals surface area contributed by atoms with E-state index in [-0.39, 0.29) is 12.1 Å². The highest BCUT2D eigenvalue weighted by Gasteiger charge is 2.27. The number of aliphatic hydroxyl groups is 1. The molecule has 1 saturated heterocycles. The highest BCUT2D eigenvalue weighted by molar-refractivity contribution is 5.95. The molecule has 1 atom stereocenters. The highest BCUT2D eigenvalue weighted by Crippen LogP contribution is 2.20. The van der Waals surface area contributed by atoms with Gasteiger partial charge < -0.3 is 10.0 Å². The highest BCUT2D eigenvalue weighted by atomic mass is 19.1. The molecule has 6 nitrogen and oxygen atoms in total. The predicted molar refractivity (Wildman–Crippen MR) is 59.6 cm³/mol. The number of likely N-dealkylation sites (tertiary alicyclic amines) is 1. The number of rotatable bonds is 2. The second-order valence-corrected chi connectivity index (χ2v) is 4.11. The van der Waals surface area contributed by atoms with Crippen LogP contribution in [0.5, 0.6) is 0 Å². The van der Waals surface area contributed by atoms with Gasteiger partial charge in [0.1, 0.15) is 5.82 Å². The number of hydrogen-bond donors (Lipinski definition) is 1. The van der Waals surface area contributed by atoms with Gasteiger partial charge in [0.2, 0.25) is 0 Å². The number of nitro benzene ring substituents is 1. The molecule has 0 aliphatic carbocycles. The summed E-state index contributed by atoms with van der Waals surface area (Å²) in [6, 6.07) is 2.91. The summed E-state index contributed by atoms with van der Waals surface area (Å²) in [6.45, 7) is 0.520. The van der Waals surface area contributed by atoms with Gasteiger partial charge in [0, 0.05) is 19.2 Å². The van der Waals surface area contributed by atoms with E-state index in [0.29, 0.717) is 13.0 Å². The molecule has 1 aliphatic rings. The lowest BCUT2D eigenvalue weighted by molar-refractivity contribution is -0.385. The lowest BCUT2D eigenvalue weighted by Crippen LogP contribution is -2.30. The summed E-state index contributed by atoms with van der Waals surface area (Å²) in [4.78, 5) is 22.9. The first kappa shape index (κ1) is 12.4. The van der Waals surface area contributed by atoms with Gasteiger partial charge in [-0.25, -0.2) is 4.39 Å². The van der Waals surface area contributed by atoms with Crippen molar-refractivity contribution in [1.29, 1.82) is 0 Å². The molecule has 7 heteroatoms. The molecule has 96 valence electrons. The largest absolute Gasteiger partial charge is 0.391 e. The molecule has 0 spiro atoms. The van der Waals surface area contributed by atoms with Crippen LogP contribution in [-0.2, 0) is 0 Å². The Morgan fingerprint density at radius 2 is 2.28 bits per heavy atom.